The fraction of sp³-hybridized carbons (Fsp3) is 0.818. The van der Waals surface area contributed by atoms with Crippen molar-refractivity contribution in [1.29, 1.82) is 0 Å². The fourth-order valence-electron chi connectivity index (χ4n) is 1.15. The summed E-state index contributed by atoms with van der Waals surface area (Å²) in [4.78, 5) is 0. The lowest BCUT2D eigenvalue weighted by atomic mass is 10.2. The predicted octanol–water partition coefficient (Wildman–Crippen LogP) is 3.31. The lowest BCUT2D eigenvalue weighted by Crippen LogP contribution is -2.44. The topological polar surface area (TPSA) is 18.5 Å². The Hall–Kier alpha value is -0.283. The third-order valence-corrected chi connectivity index (χ3v) is 7.67. The van der Waals surface area contributed by atoms with Gasteiger partial charge in [0.1, 0.15) is 0 Å². The van der Waals surface area contributed by atoms with Crippen LogP contribution in [0.5, 0.6) is 0 Å². The summed E-state index contributed by atoms with van der Waals surface area (Å²) in [6.45, 7) is 12.2. The van der Waals surface area contributed by atoms with Crippen LogP contribution in [-0.4, -0.2) is 21.0 Å². The quantitative estimate of drug-likeness (QED) is 0.657. The van der Waals surface area contributed by atoms with Gasteiger partial charge in [0, 0.05) is 6.42 Å². The molecule has 0 aromatic heterocycles. The molecule has 0 spiro atoms. The minimum absolute atomic E-state index is 0.268. The second-order valence-electron chi connectivity index (χ2n) is 5.40. The van der Waals surface area contributed by atoms with Gasteiger partial charge in [0.25, 0.3) is 0 Å². The Kier molecular flexibility index (Phi) is 3.43. The smallest absolute Gasteiger partial charge is 0.192 e. The van der Waals surface area contributed by atoms with Crippen LogP contribution in [0.2, 0.25) is 18.1 Å². The van der Waals surface area contributed by atoms with Crippen LogP contribution in [0.25, 0.3) is 0 Å². The maximum atomic E-state index is 6.22. The first-order valence-electron chi connectivity index (χ1n) is 5.29. The molecule has 1 aliphatic heterocycles. The molecule has 1 atom stereocenters. The molecule has 14 heavy (non-hydrogen) atoms. The first-order valence-corrected chi connectivity index (χ1v) is 8.20. The van der Waals surface area contributed by atoms with Gasteiger partial charge < -0.3 is 9.16 Å². The van der Waals surface area contributed by atoms with Crippen molar-refractivity contribution < 1.29 is 9.16 Å². The van der Waals surface area contributed by atoms with E-state index in [9.17, 15) is 0 Å². The summed E-state index contributed by atoms with van der Waals surface area (Å²) in [5, 5.41) is 0.291. The molecule has 1 unspecified atom stereocenters. The molecule has 0 fully saturated rings. The van der Waals surface area contributed by atoms with Crippen molar-refractivity contribution in [3.63, 3.8) is 0 Å². The van der Waals surface area contributed by atoms with Gasteiger partial charge in [-0.15, -0.1) is 0 Å². The van der Waals surface area contributed by atoms with Crippen LogP contribution < -0.4 is 0 Å². The van der Waals surface area contributed by atoms with E-state index in [1.165, 1.54) is 0 Å². The average Bonchev–Trinajstić information content (AvgIpc) is 2.03. The molecule has 0 amide bonds. The van der Waals surface area contributed by atoms with E-state index in [2.05, 4.69) is 33.9 Å². The summed E-state index contributed by atoms with van der Waals surface area (Å²) in [6, 6.07) is 0. The van der Waals surface area contributed by atoms with Crippen LogP contribution in [0.1, 0.15) is 27.2 Å². The first-order chi connectivity index (χ1) is 6.33. The molecular weight excluding hydrogens is 192 g/mol. The second kappa shape index (κ2) is 4.07. The molecule has 0 aromatic rings. The molecule has 82 valence electrons. The SMILES string of the molecule is CC(C)(C)[Si](C)(C)OC1C=COCC1. The van der Waals surface area contributed by atoms with Crippen molar-refractivity contribution >= 4 is 8.32 Å². The Bertz CT molecular complexity index is 216. The van der Waals surface area contributed by atoms with Crippen LogP contribution in [0.3, 0.4) is 0 Å². The van der Waals surface area contributed by atoms with Crippen molar-refractivity contribution in [1.82, 2.24) is 0 Å². The van der Waals surface area contributed by atoms with E-state index in [-0.39, 0.29) is 6.10 Å². The number of hydrogen-bond acceptors (Lipinski definition) is 2. The molecular formula is C11H22O2Si. The third-order valence-electron chi connectivity index (χ3n) is 3.16. The van der Waals surface area contributed by atoms with Crippen molar-refractivity contribution in [2.45, 2.75) is 51.4 Å². The van der Waals surface area contributed by atoms with Crippen LogP contribution >= 0.6 is 0 Å². The summed E-state index contributed by atoms with van der Waals surface area (Å²) < 4.78 is 11.4. The molecule has 0 bridgehead atoms. The van der Waals surface area contributed by atoms with Crippen molar-refractivity contribution in [2.75, 3.05) is 6.61 Å². The minimum atomic E-state index is -1.60. The maximum absolute atomic E-state index is 6.22. The van der Waals surface area contributed by atoms with Crippen LogP contribution in [-0.2, 0) is 9.16 Å². The molecule has 0 saturated heterocycles. The predicted molar refractivity (Wildman–Crippen MR) is 61.8 cm³/mol. The van der Waals surface area contributed by atoms with Gasteiger partial charge in [-0.3, -0.25) is 0 Å². The van der Waals surface area contributed by atoms with Gasteiger partial charge in [-0.1, -0.05) is 20.8 Å². The van der Waals surface area contributed by atoms with Crippen LogP contribution in [0.15, 0.2) is 12.3 Å². The zero-order valence-corrected chi connectivity index (χ0v) is 11.0. The molecule has 0 radical (unpaired) electrons. The zero-order valence-electron chi connectivity index (χ0n) is 9.96. The summed E-state index contributed by atoms with van der Waals surface area (Å²) >= 11 is 0. The molecule has 0 N–H and O–H groups in total. The second-order valence-corrected chi connectivity index (χ2v) is 10.2. The third kappa shape index (κ3) is 2.85. The van der Waals surface area contributed by atoms with Crippen molar-refractivity contribution in [2.24, 2.45) is 0 Å². The molecule has 1 aliphatic rings. The highest BCUT2D eigenvalue weighted by Gasteiger charge is 2.38. The van der Waals surface area contributed by atoms with E-state index in [4.69, 9.17) is 9.16 Å². The normalized spacial score (nSPS) is 23.4. The average molecular weight is 214 g/mol. The highest BCUT2D eigenvalue weighted by Crippen LogP contribution is 2.37. The van der Waals surface area contributed by atoms with Gasteiger partial charge in [-0.25, -0.2) is 0 Å². The number of ether oxygens (including phenoxy) is 1. The van der Waals surface area contributed by atoms with E-state index in [0.29, 0.717) is 5.04 Å². The Labute approximate surface area is 88.4 Å². The lowest BCUT2D eigenvalue weighted by molar-refractivity contribution is 0.137. The number of rotatable bonds is 2. The molecule has 1 heterocycles. The van der Waals surface area contributed by atoms with Crippen molar-refractivity contribution in [3.05, 3.63) is 12.3 Å². The monoisotopic (exact) mass is 214 g/mol. The molecule has 3 heteroatoms. The fourth-order valence-corrected chi connectivity index (χ4v) is 2.45. The van der Waals surface area contributed by atoms with Gasteiger partial charge in [-0.2, -0.15) is 0 Å². The molecule has 0 saturated carbocycles. The van der Waals surface area contributed by atoms with Crippen molar-refractivity contribution in [3.8, 4) is 0 Å². The highest BCUT2D eigenvalue weighted by atomic mass is 28.4. The molecule has 2 nitrogen and oxygen atoms in total. The molecule has 1 rings (SSSR count). The van der Waals surface area contributed by atoms with Gasteiger partial charge in [0.15, 0.2) is 8.32 Å². The molecule has 0 aliphatic carbocycles. The summed E-state index contributed by atoms with van der Waals surface area (Å²) in [7, 11) is -1.60. The van der Waals surface area contributed by atoms with E-state index < -0.39 is 8.32 Å². The highest BCUT2D eigenvalue weighted by molar-refractivity contribution is 6.74. The van der Waals surface area contributed by atoms with E-state index in [1.54, 1.807) is 6.26 Å². The van der Waals surface area contributed by atoms with E-state index >= 15 is 0 Å². The Morgan fingerprint density at radius 2 is 2.00 bits per heavy atom. The van der Waals surface area contributed by atoms with Crippen LogP contribution in [0, 0.1) is 0 Å². The Morgan fingerprint density at radius 3 is 2.43 bits per heavy atom. The lowest BCUT2D eigenvalue weighted by Gasteiger charge is -2.39. The largest absolute Gasteiger partial charge is 0.501 e. The van der Waals surface area contributed by atoms with Gasteiger partial charge in [-0.05, 0) is 24.2 Å². The first kappa shape index (κ1) is 11.8. The minimum Gasteiger partial charge on any atom is -0.501 e. The van der Waals surface area contributed by atoms with Gasteiger partial charge in [0.05, 0.1) is 19.0 Å². The van der Waals surface area contributed by atoms with Gasteiger partial charge >= 0.3 is 0 Å². The summed E-state index contributed by atoms with van der Waals surface area (Å²) in [5.41, 5.74) is 0. The number of hydrogen-bond donors (Lipinski definition) is 0. The van der Waals surface area contributed by atoms with E-state index in [0.717, 1.165) is 13.0 Å². The molecule has 0 aromatic carbocycles. The zero-order chi connectivity index (χ0) is 10.8. The maximum Gasteiger partial charge on any atom is 0.192 e. The Morgan fingerprint density at radius 1 is 1.36 bits per heavy atom. The Balaban J connectivity index is 2.58. The van der Waals surface area contributed by atoms with E-state index in [1.807, 2.05) is 6.08 Å². The standard InChI is InChI=1S/C11H22O2Si/c1-11(2,3)14(4,5)13-10-6-8-12-9-7-10/h6,8,10H,7,9H2,1-5H3. The summed E-state index contributed by atoms with van der Waals surface area (Å²) in [6.07, 6.45) is 5.05. The van der Waals surface area contributed by atoms with Crippen LogP contribution in [0.4, 0.5) is 0 Å². The summed E-state index contributed by atoms with van der Waals surface area (Å²) in [5.74, 6) is 0. The van der Waals surface area contributed by atoms with Gasteiger partial charge in [0.2, 0.25) is 0 Å².